The van der Waals surface area contributed by atoms with Crippen LogP contribution in [0.4, 0.5) is 10.2 Å². The Kier molecular flexibility index (Phi) is 3.82. The van der Waals surface area contributed by atoms with E-state index in [1.54, 1.807) is 24.3 Å². The van der Waals surface area contributed by atoms with Crippen LogP contribution < -0.4 is 5.32 Å². The second-order valence-electron chi connectivity index (χ2n) is 3.43. The standard InChI is InChI=1S/C12H9Cl2FN2/c13-9-4-5-10(15)8(6-9)7-16-12-3-1-2-11(14)17-12/h1-6H,7H2,(H,16,17). The second kappa shape index (κ2) is 5.34. The van der Waals surface area contributed by atoms with Crippen molar-refractivity contribution in [2.75, 3.05) is 5.32 Å². The summed E-state index contributed by atoms with van der Waals surface area (Å²) in [7, 11) is 0. The van der Waals surface area contributed by atoms with Crippen molar-refractivity contribution in [1.82, 2.24) is 4.98 Å². The maximum Gasteiger partial charge on any atom is 0.131 e. The Bertz CT molecular complexity index is 532. The summed E-state index contributed by atoms with van der Waals surface area (Å²) in [4.78, 5) is 4.04. The Labute approximate surface area is 108 Å². The fourth-order valence-electron chi connectivity index (χ4n) is 1.37. The number of hydrogen-bond acceptors (Lipinski definition) is 2. The zero-order valence-electron chi connectivity index (χ0n) is 8.75. The van der Waals surface area contributed by atoms with Crippen LogP contribution in [-0.2, 0) is 6.54 Å². The number of hydrogen-bond donors (Lipinski definition) is 1. The van der Waals surface area contributed by atoms with Gasteiger partial charge in [-0.2, -0.15) is 0 Å². The second-order valence-corrected chi connectivity index (χ2v) is 4.26. The molecule has 2 aromatic rings. The molecule has 0 bridgehead atoms. The van der Waals surface area contributed by atoms with E-state index in [4.69, 9.17) is 23.2 Å². The van der Waals surface area contributed by atoms with Gasteiger partial charge in [0.2, 0.25) is 0 Å². The molecule has 0 saturated heterocycles. The highest BCUT2D eigenvalue weighted by molar-refractivity contribution is 6.30. The first kappa shape index (κ1) is 12.1. The highest BCUT2D eigenvalue weighted by Crippen LogP contribution is 2.16. The molecule has 5 heteroatoms. The number of aromatic nitrogens is 1. The summed E-state index contributed by atoms with van der Waals surface area (Å²) >= 11 is 11.5. The van der Waals surface area contributed by atoms with Crippen LogP contribution in [0.2, 0.25) is 10.2 Å². The SMILES string of the molecule is Fc1ccc(Cl)cc1CNc1cccc(Cl)n1. The fourth-order valence-corrected chi connectivity index (χ4v) is 1.73. The van der Waals surface area contributed by atoms with Crippen LogP contribution >= 0.6 is 23.2 Å². The molecule has 0 fully saturated rings. The molecule has 0 aliphatic heterocycles. The number of anilines is 1. The molecule has 1 aromatic carbocycles. The van der Waals surface area contributed by atoms with E-state index < -0.39 is 0 Å². The van der Waals surface area contributed by atoms with Gasteiger partial charge >= 0.3 is 0 Å². The summed E-state index contributed by atoms with van der Waals surface area (Å²) in [5.41, 5.74) is 0.485. The van der Waals surface area contributed by atoms with Gasteiger partial charge in [-0.1, -0.05) is 29.3 Å². The number of halogens is 3. The summed E-state index contributed by atoms with van der Waals surface area (Å²) in [5, 5.41) is 3.87. The molecular weight excluding hydrogens is 262 g/mol. The van der Waals surface area contributed by atoms with Crippen LogP contribution in [0.3, 0.4) is 0 Å². The number of nitrogens with zero attached hydrogens (tertiary/aromatic N) is 1. The molecule has 0 amide bonds. The molecule has 2 nitrogen and oxygen atoms in total. The molecule has 0 unspecified atom stereocenters. The third-order valence-corrected chi connectivity index (χ3v) is 2.63. The van der Waals surface area contributed by atoms with Crippen LogP contribution in [0, 0.1) is 5.82 Å². The minimum atomic E-state index is -0.302. The van der Waals surface area contributed by atoms with Crippen LogP contribution in [-0.4, -0.2) is 4.98 Å². The first-order chi connectivity index (χ1) is 8.15. The average molecular weight is 271 g/mol. The van der Waals surface area contributed by atoms with Gasteiger partial charge in [0.15, 0.2) is 0 Å². The molecule has 1 N–H and O–H groups in total. The minimum absolute atomic E-state index is 0.302. The smallest absolute Gasteiger partial charge is 0.131 e. The highest BCUT2D eigenvalue weighted by atomic mass is 35.5. The molecule has 17 heavy (non-hydrogen) atoms. The molecule has 0 radical (unpaired) electrons. The molecule has 0 saturated carbocycles. The lowest BCUT2D eigenvalue weighted by atomic mass is 10.2. The van der Waals surface area contributed by atoms with E-state index in [9.17, 15) is 4.39 Å². The van der Waals surface area contributed by atoms with Gasteiger partial charge in [-0.15, -0.1) is 0 Å². The van der Waals surface area contributed by atoms with Crippen molar-refractivity contribution in [2.24, 2.45) is 0 Å². The van der Waals surface area contributed by atoms with Gasteiger partial charge in [0.25, 0.3) is 0 Å². The predicted molar refractivity (Wildman–Crippen MR) is 68.0 cm³/mol. The summed E-state index contributed by atoms with van der Waals surface area (Å²) in [5.74, 6) is 0.292. The van der Waals surface area contributed by atoms with Gasteiger partial charge in [-0.25, -0.2) is 9.37 Å². The number of rotatable bonds is 3. The predicted octanol–water partition coefficient (Wildman–Crippen LogP) is 4.14. The lowest BCUT2D eigenvalue weighted by Gasteiger charge is -2.07. The normalized spacial score (nSPS) is 10.3. The minimum Gasteiger partial charge on any atom is -0.366 e. The van der Waals surface area contributed by atoms with E-state index in [1.807, 2.05) is 0 Å². The molecule has 0 spiro atoms. The first-order valence-corrected chi connectivity index (χ1v) is 5.71. The van der Waals surface area contributed by atoms with Crippen molar-refractivity contribution < 1.29 is 4.39 Å². The molecule has 2 rings (SSSR count). The maximum atomic E-state index is 13.4. The van der Waals surface area contributed by atoms with E-state index in [1.165, 1.54) is 12.1 Å². The van der Waals surface area contributed by atoms with Crippen molar-refractivity contribution >= 4 is 29.0 Å². The van der Waals surface area contributed by atoms with Crippen molar-refractivity contribution in [1.29, 1.82) is 0 Å². The zero-order chi connectivity index (χ0) is 12.3. The van der Waals surface area contributed by atoms with Gasteiger partial charge in [0.05, 0.1) is 0 Å². The molecule has 0 aliphatic rings. The summed E-state index contributed by atoms with van der Waals surface area (Å²) in [6, 6.07) is 9.63. The number of pyridine rings is 1. The molecule has 0 aliphatic carbocycles. The third-order valence-electron chi connectivity index (χ3n) is 2.18. The quantitative estimate of drug-likeness (QED) is 0.848. The lowest BCUT2D eigenvalue weighted by molar-refractivity contribution is 0.613. The average Bonchev–Trinajstić information content (AvgIpc) is 2.30. The van der Waals surface area contributed by atoms with E-state index >= 15 is 0 Å². The van der Waals surface area contributed by atoms with E-state index in [0.29, 0.717) is 28.1 Å². The van der Waals surface area contributed by atoms with Gasteiger partial charge in [-0.05, 0) is 30.3 Å². The monoisotopic (exact) mass is 270 g/mol. The van der Waals surface area contributed by atoms with E-state index in [-0.39, 0.29) is 5.82 Å². The molecule has 1 heterocycles. The van der Waals surface area contributed by atoms with E-state index in [2.05, 4.69) is 10.3 Å². The van der Waals surface area contributed by atoms with Crippen LogP contribution in [0.25, 0.3) is 0 Å². The van der Waals surface area contributed by atoms with Crippen molar-refractivity contribution in [3.05, 3.63) is 58.0 Å². The molecule has 88 valence electrons. The first-order valence-electron chi connectivity index (χ1n) is 4.95. The Morgan fingerprint density at radius 1 is 1.18 bits per heavy atom. The molecular formula is C12H9Cl2FN2. The Balaban J connectivity index is 2.09. The van der Waals surface area contributed by atoms with Crippen LogP contribution in [0.1, 0.15) is 5.56 Å². The Morgan fingerprint density at radius 3 is 2.76 bits per heavy atom. The Morgan fingerprint density at radius 2 is 2.00 bits per heavy atom. The lowest BCUT2D eigenvalue weighted by Crippen LogP contribution is -2.03. The van der Waals surface area contributed by atoms with E-state index in [0.717, 1.165) is 0 Å². The fraction of sp³-hybridized carbons (Fsp3) is 0.0833. The number of benzene rings is 1. The van der Waals surface area contributed by atoms with Crippen molar-refractivity contribution in [2.45, 2.75) is 6.54 Å². The largest absolute Gasteiger partial charge is 0.366 e. The van der Waals surface area contributed by atoms with Crippen molar-refractivity contribution in [3.8, 4) is 0 Å². The summed E-state index contributed by atoms with van der Waals surface area (Å²) < 4.78 is 13.4. The number of nitrogens with one attached hydrogen (secondary N) is 1. The third kappa shape index (κ3) is 3.32. The Hall–Kier alpha value is -1.32. The van der Waals surface area contributed by atoms with Gasteiger partial charge < -0.3 is 5.32 Å². The molecule has 0 atom stereocenters. The van der Waals surface area contributed by atoms with Gasteiger partial charge in [0.1, 0.15) is 16.8 Å². The van der Waals surface area contributed by atoms with Crippen molar-refractivity contribution in [3.63, 3.8) is 0 Å². The maximum absolute atomic E-state index is 13.4. The topological polar surface area (TPSA) is 24.9 Å². The summed E-state index contributed by atoms with van der Waals surface area (Å²) in [6.07, 6.45) is 0. The van der Waals surface area contributed by atoms with Gasteiger partial charge in [0, 0.05) is 17.1 Å². The summed E-state index contributed by atoms with van der Waals surface area (Å²) in [6.45, 7) is 0.305. The van der Waals surface area contributed by atoms with Gasteiger partial charge in [-0.3, -0.25) is 0 Å². The molecule has 1 aromatic heterocycles. The van der Waals surface area contributed by atoms with Crippen LogP contribution in [0.5, 0.6) is 0 Å². The van der Waals surface area contributed by atoms with Crippen LogP contribution in [0.15, 0.2) is 36.4 Å². The highest BCUT2D eigenvalue weighted by Gasteiger charge is 2.03. The zero-order valence-corrected chi connectivity index (χ0v) is 10.3.